The van der Waals surface area contributed by atoms with E-state index in [-0.39, 0.29) is 10.9 Å². The molecule has 2 aromatic carbocycles. The summed E-state index contributed by atoms with van der Waals surface area (Å²) in [6.45, 7) is 0. The molecular weight excluding hydrogens is 372 g/mol. The number of para-hydroxylation sites is 1. The fourth-order valence-corrected chi connectivity index (χ4v) is 4.63. The molecule has 26 heavy (non-hydrogen) atoms. The first-order valence-corrected chi connectivity index (χ1v) is 9.93. The zero-order chi connectivity index (χ0) is 18.1. The van der Waals surface area contributed by atoms with Gasteiger partial charge in [-0.25, -0.2) is 13.2 Å². The number of fused-ring (bicyclic) bond motifs is 1. The van der Waals surface area contributed by atoms with E-state index in [2.05, 4.69) is 4.98 Å². The zero-order valence-corrected chi connectivity index (χ0v) is 14.9. The Labute approximate surface area is 153 Å². The van der Waals surface area contributed by atoms with Crippen LogP contribution in [0.1, 0.15) is 0 Å². The molecule has 0 fully saturated rings. The minimum Gasteiger partial charge on any atom is -0.387 e. The van der Waals surface area contributed by atoms with E-state index in [4.69, 9.17) is 4.42 Å². The van der Waals surface area contributed by atoms with Crippen molar-refractivity contribution in [1.82, 2.24) is 4.98 Å². The number of hydrogen-bond acceptors (Lipinski definition) is 6. The third-order valence-corrected chi connectivity index (χ3v) is 6.21. The van der Waals surface area contributed by atoms with Crippen LogP contribution in [-0.2, 0) is 10.0 Å². The van der Waals surface area contributed by atoms with Gasteiger partial charge in [-0.3, -0.25) is 0 Å². The number of thiophene rings is 1. The summed E-state index contributed by atoms with van der Waals surface area (Å²) in [5.41, 5.74) is -0.307. The molecule has 0 aliphatic heterocycles. The van der Waals surface area contributed by atoms with Gasteiger partial charge in [0.1, 0.15) is 4.83 Å². The lowest BCUT2D eigenvalue weighted by Gasteiger charge is -2.21. The van der Waals surface area contributed by atoms with Gasteiger partial charge >= 0.3 is 11.6 Å². The summed E-state index contributed by atoms with van der Waals surface area (Å²) in [6, 6.07) is 17.6. The fraction of sp³-hybridized carbons (Fsp3) is 0. The number of nitrogens with zero attached hydrogens (tertiary/aromatic N) is 2. The summed E-state index contributed by atoms with van der Waals surface area (Å²) in [6.07, 6.45) is 0. The van der Waals surface area contributed by atoms with Crippen LogP contribution in [0.25, 0.3) is 10.2 Å². The Morgan fingerprint density at radius 2 is 1.58 bits per heavy atom. The van der Waals surface area contributed by atoms with Crippen LogP contribution in [-0.4, -0.2) is 13.4 Å². The number of anilines is 2. The van der Waals surface area contributed by atoms with Crippen LogP contribution < -0.4 is 9.93 Å². The minimum atomic E-state index is -4.03. The van der Waals surface area contributed by atoms with Gasteiger partial charge in [-0.05, 0) is 35.7 Å². The molecule has 0 aliphatic rings. The molecule has 8 heteroatoms. The van der Waals surface area contributed by atoms with E-state index in [1.807, 2.05) is 0 Å². The molecule has 0 spiro atoms. The quantitative estimate of drug-likeness (QED) is 0.535. The van der Waals surface area contributed by atoms with Crippen LogP contribution in [0.15, 0.2) is 86.2 Å². The summed E-state index contributed by atoms with van der Waals surface area (Å²) in [7, 11) is -4.03. The molecule has 0 amide bonds. The van der Waals surface area contributed by atoms with Gasteiger partial charge in [-0.15, -0.1) is 11.3 Å². The highest BCUT2D eigenvalue weighted by Gasteiger charge is 2.30. The molecule has 0 unspecified atom stereocenters. The summed E-state index contributed by atoms with van der Waals surface area (Å²) >= 11 is 1.24. The Bertz CT molecular complexity index is 1220. The smallest absolute Gasteiger partial charge is 0.349 e. The molecule has 0 saturated heterocycles. The van der Waals surface area contributed by atoms with Crippen molar-refractivity contribution in [3.63, 3.8) is 0 Å². The second-order valence-corrected chi connectivity index (χ2v) is 8.02. The zero-order valence-electron chi connectivity index (χ0n) is 13.3. The monoisotopic (exact) mass is 384 g/mol. The van der Waals surface area contributed by atoms with Crippen LogP contribution in [0.5, 0.6) is 0 Å². The summed E-state index contributed by atoms with van der Waals surface area (Å²) in [4.78, 5) is 17.0. The van der Waals surface area contributed by atoms with Crippen LogP contribution in [0.2, 0.25) is 0 Å². The van der Waals surface area contributed by atoms with Crippen molar-refractivity contribution in [3.8, 4) is 0 Å². The molecule has 0 bridgehead atoms. The molecule has 130 valence electrons. The second-order valence-electron chi connectivity index (χ2n) is 5.34. The van der Waals surface area contributed by atoms with E-state index in [9.17, 15) is 13.2 Å². The lowest BCUT2D eigenvalue weighted by atomic mass is 10.3. The van der Waals surface area contributed by atoms with Crippen molar-refractivity contribution in [2.75, 3.05) is 4.31 Å². The SMILES string of the molecule is O=c1oc(N(c2ccccc2)S(=O)(=O)c2ccccc2)nc2sccc12. The largest absolute Gasteiger partial charge is 0.387 e. The first kappa shape index (κ1) is 16.5. The van der Waals surface area contributed by atoms with Gasteiger partial charge in [0.05, 0.1) is 16.0 Å². The molecule has 2 aromatic heterocycles. The predicted octanol–water partition coefficient (Wildman–Crippen LogP) is 3.78. The van der Waals surface area contributed by atoms with Crippen LogP contribution in [0, 0.1) is 0 Å². The van der Waals surface area contributed by atoms with Gasteiger partial charge < -0.3 is 4.42 Å². The Morgan fingerprint density at radius 3 is 2.27 bits per heavy atom. The summed E-state index contributed by atoms with van der Waals surface area (Å²) in [5.74, 6) is 0. The maximum absolute atomic E-state index is 13.2. The van der Waals surface area contributed by atoms with E-state index >= 15 is 0 Å². The van der Waals surface area contributed by atoms with E-state index < -0.39 is 15.6 Å². The number of hydrogen-bond donors (Lipinski definition) is 0. The number of sulfonamides is 1. The topological polar surface area (TPSA) is 80.5 Å². The Kier molecular flexibility index (Phi) is 4.06. The van der Waals surface area contributed by atoms with Gasteiger partial charge in [0.2, 0.25) is 0 Å². The fourth-order valence-electron chi connectivity index (χ4n) is 2.49. The van der Waals surface area contributed by atoms with E-state index in [1.54, 1.807) is 60.0 Å². The number of benzene rings is 2. The van der Waals surface area contributed by atoms with E-state index in [0.717, 1.165) is 4.31 Å². The third kappa shape index (κ3) is 2.79. The van der Waals surface area contributed by atoms with Gasteiger partial charge in [0.25, 0.3) is 10.0 Å². The minimum absolute atomic E-state index is 0.0691. The van der Waals surface area contributed by atoms with Gasteiger partial charge in [0, 0.05) is 0 Å². The van der Waals surface area contributed by atoms with Crippen LogP contribution in [0.3, 0.4) is 0 Å². The maximum atomic E-state index is 13.2. The molecule has 0 atom stereocenters. The highest BCUT2D eigenvalue weighted by Crippen LogP contribution is 2.31. The van der Waals surface area contributed by atoms with Crippen molar-refractivity contribution in [1.29, 1.82) is 0 Å². The first-order chi connectivity index (χ1) is 12.6. The Morgan fingerprint density at radius 1 is 0.923 bits per heavy atom. The van der Waals surface area contributed by atoms with E-state index in [0.29, 0.717) is 15.9 Å². The van der Waals surface area contributed by atoms with E-state index in [1.165, 1.54) is 23.5 Å². The second kappa shape index (κ2) is 6.40. The van der Waals surface area contributed by atoms with Gasteiger partial charge in [-0.2, -0.15) is 9.29 Å². The van der Waals surface area contributed by atoms with Gasteiger partial charge in [-0.1, -0.05) is 36.4 Å². The molecular formula is C18H12N2O4S2. The molecule has 4 rings (SSSR count). The highest BCUT2D eigenvalue weighted by molar-refractivity contribution is 7.93. The Hall–Kier alpha value is -2.97. The molecule has 6 nitrogen and oxygen atoms in total. The Balaban J connectivity index is 1.99. The summed E-state index contributed by atoms with van der Waals surface area (Å²) < 4.78 is 32.7. The van der Waals surface area contributed by atoms with Crippen molar-refractivity contribution < 1.29 is 12.8 Å². The van der Waals surface area contributed by atoms with Gasteiger partial charge in [0.15, 0.2) is 0 Å². The standard InChI is InChI=1S/C18H12N2O4S2/c21-17-15-11-12-25-16(15)19-18(24-17)20(13-7-3-1-4-8-13)26(22,23)14-9-5-2-6-10-14/h1-12H. The average molecular weight is 384 g/mol. The lowest BCUT2D eigenvalue weighted by molar-refractivity contribution is 0.510. The lowest BCUT2D eigenvalue weighted by Crippen LogP contribution is -2.28. The van der Waals surface area contributed by atoms with Crippen molar-refractivity contribution >= 4 is 43.3 Å². The van der Waals surface area contributed by atoms with Crippen LogP contribution in [0.4, 0.5) is 11.7 Å². The van der Waals surface area contributed by atoms with Crippen molar-refractivity contribution in [3.05, 3.63) is 82.5 Å². The number of aromatic nitrogens is 1. The predicted molar refractivity (Wildman–Crippen MR) is 100 cm³/mol. The van der Waals surface area contributed by atoms with Crippen molar-refractivity contribution in [2.45, 2.75) is 4.90 Å². The van der Waals surface area contributed by atoms with Crippen molar-refractivity contribution in [2.24, 2.45) is 0 Å². The maximum Gasteiger partial charge on any atom is 0.349 e. The molecule has 0 radical (unpaired) electrons. The normalized spacial score (nSPS) is 11.5. The molecule has 4 aromatic rings. The molecule has 2 heterocycles. The first-order valence-electron chi connectivity index (χ1n) is 7.61. The molecule has 0 aliphatic carbocycles. The van der Waals surface area contributed by atoms with Crippen LogP contribution >= 0.6 is 11.3 Å². The summed E-state index contributed by atoms with van der Waals surface area (Å²) in [5, 5.41) is 2.03. The third-order valence-electron chi connectivity index (χ3n) is 3.69. The molecule has 0 N–H and O–H groups in total. The number of rotatable bonds is 4. The molecule has 0 saturated carbocycles. The highest BCUT2D eigenvalue weighted by atomic mass is 32.2. The average Bonchev–Trinajstić information content (AvgIpc) is 3.13.